The van der Waals surface area contributed by atoms with Gasteiger partial charge < -0.3 is 5.32 Å². The first-order chi connectivity index (χ1) is 7.93. The van der Waals surface area contributed by atoms with E-state index in [-0.39, 0.29) is 0 Å². The van der Waals surface area contributed by atoms with Crippen molar-refractivity contribution in [3.8, 4) is 5.82 Å². The van der Waals surface area contributed by atoms with Crippen LogP contribution >= 0.6 is 0 Å². The van der Waals surface area contributed by atoms with Gasteiger partial charge in [-0.1, -0.05) is 6.07 Å². The maximum absolute atomic E-state index is 4.26. The lowest BCUT2D eigenvalue weighted by atomic mass is 10.4. The predicted octanol–water partition coefficient (Wildman–Crippen LogP) is 0.914. The predicted molar refractivity (Wildman–Crippen MR) is 59.0 cm³/mol. The van der Waals surface area contributed by atoms with Gasteiger partial charge in [-0.25, -0.2) is 9.97 Å². The number of nitrogens with zero attached hydrogens (tertiary/aromatic N) is 4. The highest BCUT2D eigenvalue weighted by atomic mass is 15.4. The highest BCUT2D eigenvalue weighted by molar-refractivity contribution is 5.21. The van der Waals surface area contributed by atoms with Gasteiger partial charge in [0.25, 0.3) is 0 Å². The summed E-state index contributed by atoms with van der Waals surface area (Å²) in [7, 11) is 0. The third kappa shape index (κ3) is 1.94. The van der Waals surface area contributed by atoms with Crippen LogP contribution in [0.2, 0.25) is 0 Å². The Kier molecular flexibility index (Phi) is 2.38. The van der Waals surface area contributed by atoms with Crippen LogP contribution in [0.3, 0.4) is 0 Å². The molecule has 3 rings (SSSR count). The van der Waals surface area contributed by atoms with Gasteiger partial charge in [0.15, 0.2) is 5.82 Å². The zero-order chi connectivity index (χ0) is 10.8. The molecule has 16 heavy (non-hydrogen) atoms. The monoisotopic (exact) mass is 215 g/mol. The van der Waals surface area contributed by atoms with Crippen molar-refractivity contribution in [1.82, 2.24) is 25.1 Å². The van der Waals surface area contributed by atoms with Crippen LogP contribution in [0, 0.1) is 0 Å². The van der Waals surface area contributed by atoms with Crippen molar-refractivity contribution < 1.29 is 0 Å². The van der Waals surface area contributed by atoms with Crippen molar-refractivity contribution in [3.63, 3.8) is 0 Å². The molecule has 0 saturated heterocycles. The van der Waals surface area contributed by atoms with Gasteiger partial charge in [-0.2, -0.15) is 9.78 Å². The van der Waals surface area contributed by atoms with Gasteiger partial charge >= 0.3 is 0 Å². The van der Waals surface area contributed by atoms with E-state index >= 15 is 0 Å². The molecular formula is C11H13N5. The third-order valence-electron chi connectivity index (χ3n) is 2.61. The number of hydrogen-bond donors (Lipinski definition) is 1. The number of nitrogens with one attached hydrogen (secondary N) is 1. The molecule has 2 heterocycles. The Balaban J connectivity index is 1.81. The minimum atomic E-state index is 0.675. The number of rotatable bonds is 4. The zero-order valence-electron chi connectivity index (χ0n) is 8.87. The summed E-state index contributed by atoms with van der Waals surface area (Å²) in [5.41, 5.74) is 0. The molecule has 0 unspecified atom stereocenters. The molecular weight excluding hydrogens is 202 g/mol. The topological polar surface area (TPSA) is 55.6 Å². The first kappa shape index (κ1) is 9.47. The average molecular weight is 215 g/mol. The highest BCUT2D eigenvalue weighted by Gasteiger charge is 2.21. The quantitative estimate of drug-likeness (QED) is 0.823. The second-order valence-corrected chi connectivity index (χ2v) is 3.93. The molecule has 0 bridgehead atoms. The van der Waals surface area contributed by atoms with E-state index in [1.165, 1.54) is 12.8 Å². The minimum Gasteiger partial charge on any atom is -0.307 e. The Morgan fingerprint density at radius 3 is 3.00 bits per heavy atom. The molecule has 1 aliphatic rings. The SMILES string of the molecule is c1ccc(-n2ncnc2CNC2CC2)nc1. The summed E-state index contributed by atoms with van der Waals surface area (Å²) in [5.74, 6) is 1.72. The second-order valence-electron chi connectivity index (χ2n) is 3.93. The van der Waals surface area contributed by atoms with Crippen LogP contribution in [-0.2, 0) is 6.54 Å². The minimum absolute atomic E-state index is 0.675. The summed E-state index contributed by atoms with van der Waals surface area (Å²) in [6.07, 6.45) is 5.88. The summed E-state index contributed by atoms with van der Waals surface area (Å²) in [6.45, 7) is 0.751. The molecule has 0 aliphatic heterocycles. The van der Waals surface area contributed by atoms with Gasteiger partial charge in [0.05, 0.1) is 6.54 Å². The molecule has 0 atom stereocenters. The van der Waals surface area contributed by atoms with Gasteiger partial charge in [0.1, 0.15) is 12.2 Å². The van der Waals surface area contributed by atoms with Crippen LogP contribution < -0.4 is 5.32 Å². The molecule has 5 nitrogen and oxygen atoms in total. The smallest absolute Gasteiger partial charge is 0.155 e. The normalized spacial score (nSPS) is 15.2. The van der Waals surface area contributed by atoms with Crippen LogP contribution in [0.1, 0.15) is 18.7 Å². The van der Waals surface area contributed by atoms with Gasteiger partial charge in [-0.05, 0) is 25.0 Å². The number of hydrogen-bond acceptors (Lipinski definition) is 4. The van der Waals surface area contributed by atoms with Gasteiger partial charge in [0, 0.05) is 12.2 Å². The summed E-state index contributed by atoms with van der Waals surface area (Å²) >= 11 is 0. The second kappa shape index (κ2) is 4.02. The molecule has 82 valence electrons. The molecule has 0 amide bonds. The molecule has 0 spiro atoms. The van der Waals surface area contributed by atoms with Gasteiger partial charge in [-0.3, -0.25) is 0 Å². The van der Waals surface area contributed by atoms with E-state index in [4.69, 9.17) is 0 Å². The van der Waals surface area contributed by atoms with E-state index in [1.807, 2.05) is 18.2 Å². The lowest BCUT2D eigenvalue weighted by Crippen LogP contribution is -2.19. The lowest BCUT2D eigenvalue weighted by molar-refractivity contribution is 0.634. The van der Waals surface area contributed by atoms with Crippen molar-refractivity contribution in [3.05, 3.63) is 36.5 Å². The molecule has 5 heteroatoms. The van der Waals surface area contributed by atoms with Crippen LogP contribution in [0.25, 0.3) is 5.82 Å². The fourth-order valence-electron chi connectivity index (χ4n) is 1.58. The fraction of sp³-hybridized carbons (Fsp3) is 0.364. The molecule has 0 aromatic carbocycles. The molecule has 1 saturated carbocycles. The van der Waals surface area contributed by atoms with E-state index < -0.39 is 0 Å². The lowest BCUT2D eigenvalue weighted by Gasteiger charge is -2.05. The largest absolute Gasteiger partial charge is 0.307 e. The summed E-state index contributed by atoms with van der Waals surface area (Å²) in [6, 6.07) is 6.44. The Labute approximate surface area is 93.5 Å². The summed E-state index contributed by atoms with van der Waals surface area (Å²) in [5, 5.41) is 7.61. The van der Waals surface area contributed by atoms with Crippen molar-refractivity contribution in [2.75, 3.05) is 0 Å². The van der Waals surface area contributed by atoms with Crippen molar-refractivity contribution in [2.24, 2.45) is 0 Å². The van der Waals surface area contributed by atoms with Crippen LogP contribution in [0.15, 0.2) is 30.7 Å². The van der Waals surface area contributed by atoms with Crippen molar-refractivity contribution >= 4 is 0 Å². The summed E-state index contributed by atoms with van der Waals surface area (Å²) < 4.78 is 1.77. The van der Waals surface area contributed by atoms with Gasteiger partial charge in [0.2, 0.25) is 0 Å². The Morgan fingerprint density at radius 1 is 1.31 bits per heavy atom. The number of pyridine rings is 1. The Morgan fingerprint density at radius 2 is 2.25 bits per heavy atom. The molecule has 2 aromatic heterocycles. The van der Waals surface area contributed by atoms with Crippen molar-refractivity contribution in [2.45, 2.75) is 25.4 Å². The molecule has 0 radical (unpaired) electrons. The van der Waals surface area contributed by atoms with Crippen LogP contribution in [-0.4, -0.2) is 25.8 Å². The van der Waals surface area contributed by atoms with E-state index in [9.17, 15) is 0 Å². The Bertz CT molecular complexity index is 460. The van der Waals surface area contributed by atoms with E-state index in [1.54, 1.807) is 17.2 Å². The average Bonchev–Trinajstić information content (AvgIpc) is 3.05. The zero-order valence-corrected chi connectivity index (χ0v) is 8.87. The van der Waals surface area contributed by atoms with E-state index in [2.05, 4.69) is 20.4 Å². The van der Waals surface area contributed by atoms with Gasteiger partial charge in [-0.15, -0.1) is 0 Å². The van der Waals surface area contributed by atoms with E-state index in [0.717, 1.165) is 18.2 Å². The third-order valence-corrected chi connectivity index (χ3v) is 2.61. The number of aromatic nitrogens is 4. The van der Waals surface area contributed by atoms with Crippen LogP contribution in [0.4, 0.5) is 0 Å². The standard InChI is InChI=1S/C11H13N5/c1-2-6-12-10(3-1)16-11(14-8-15-16)7-13-9-4-5-9/h1-3,6,8-9,13H,4-5,7H2. The van der Waals surface area contributed by atoms with Crippen LogP contribution in [0.5, 0.6) is 0 Å². The molecule has 1 aliphatic carbocycles. The molecule has 2 aromatic rings. The first-order valence-electron chi connectivity index (χ1n) is 5.47. The maximum atomic E-state index is 4.26. The highest BCUT2D eigenvalue weighted by Crippen LogP contribution is 2.19. The fourth-order valence-corrected chi connectivity index (χ4v) is 1.58. The Hall–Kier alpha value is -1.75. The van der Waals surface area contributed by atoms with Crippen molar-refractivity contribution in [1.29, 1.82) is 0 Å². The van der Waals surface area contributed by atoms with E-state index in [0.29, 0.717) is 6.04 Å². The first-order valence-corrected chi connectivity index (χ1v) is 5.47. The molecule has 1 fully saturated rings. The molecule has 1 N–H and O–H groups in total. The maximum Gasteiger partial charge on any atom is 0.155 e. The summed E-state index contributed by atoms with van der Waals surface area (Å²) in [4.78, 5) is 8.50.